The molecular formula is C21H27N5O8. The average Bonchev–Trinajstić information content (AvgIpc) is 3.18. The van der Waals surface area contributed by atoms with Crippen LogP contribution in [0.5, 0.6) is 0 Å². The first-order valence-electron chi connectivity index (χ1n) is 10.3. The smallest absolute Gasteiger partial charge is 0.325 e. The summed E-state index contributed by atoms with van der Waals surface area (Å²) in [6.07, 6.45) is 0.983. The number of aliphatic hydroxyl groups excluding tert-OH is 1. The molecule has 0 radical (unpaired) electrons. The van der Waals surface area contributed by atoms with Gasteiger partial charge in [0.05, 0.1) is 19.1 Å². The van der Waals surface area contributed by atoms with Crippen LogP contribution in [0.1, 0.15) is 18.9 Å². The van der Waals surface area contributed by atoms with Gasteiger partial charge in [0, 0.05) is 17.1 Å². The number of nitrogens with two attached hydrogens (primary N) is 1. The topological polar surface area (TPSA) is 224 Å². The number of aromatic nitrogens is 1. The fraction of sp³-hybridized carbons (Fsp3) is 0.381. The largest absolute Gasteiger partial charge is 0.481 e. The van der Waals surface area contributed by atoms with E-state index >= 15 is 0 Å². The summed E-state index contributed by atoms with van der Waals surface area (Å²) in [4.78, 5) is 62.4. The van der Waals surface area contributed by atoms with Gasteiger partial charge < -0.3 is 42.0 Å². The van der Waals surface area contributed by atoms with Crippen LogP contribution in [0.15, 0.2) is 30.5 Å². The van der Waals surface area contributed by atoms with Crippen molar-refractivity contribution in [2.24, 2.45) is 5.73 Å². The lowest BCUT2D eigenvalue weighted by Crippen LogP contribution is -2.58. The summed E-state index contributed by atoms with van der Waals surface area (Å²) < 4.78 is 0. The van der Waals surface area contributed by atoms with Gasteiger partial charge in [0.15, 0.2) is 0 Å². The summed E-state index contributed by atoms with van der Waals surface area (Å²) in [6, 6.07) is 1.78. The van der Waals surface area contributed by atoms with Crippen LogP contribution in [-0.2, 0) is 30.4 Å². The Kier molecular flexibility index (Phi) is 9.10. The van der Waals surface area contributed by atoms with Crippen LogP contribution in [0.2, 0.25) is 0 Å². The zero-order valence-electron chi connectivity index (χ0n) is 18.3. The molecule has 13 nitrogen and oxygen atoms in total. The van der Waals surface area contributed by atoms with E-state index in [0.29, 0.717) is 0 Å². The zero-order valence-corrected chi connectivity index (χ0v) is 18.3. The van der Waals surface area contributed by atoms with E-state index in [-0.39, 0.29) is 6.42 Å². The van der Waals surface area contributed by atoms with E-state index in [9.17, 15) is 29.1 Å². The first kappa shape index (κ1) is 26.3. The van der Waals surface area contributed by atoms with Gasteiger partial charge in [-0.05, 0) is 25.0 Å². The Morgan fingerprint density at radius 2 is 1.59 bits per heavy atom. The highest BCUT2D eigenvalue weighted by atomic mass is 16.4. The van der Waals surface area contributed by atoms with E-state index < -0.39 is 66.9 Å². The Morgan fingerprint density at radius 3 is 2.21 bits per heavy atom. The fourth-order valence-electron chi connectivity index (χ4n) is 3.13. The van der Waals surface area contributed by atoms with Crippen LogP contribution in [0.4, 0.5) is 0 Å². The van der Waals surface area contributed by atoms with Crippen LogP contribution in [-0.4, -0.2) is 80.7 Å². The summed E-state index contributed by atoms with van der Waals surface area (Å²) in [7, 11) is 0. The number of carboxylic acids is 2. The lowest BCUT2D eigenvalue weighted by molar-refractivity contribution is -0.143. The Bertz CT molecular complexity index is 1070. The van der Waals surface area contributed by atoms with E-state index in [1.165, 1.54) is 6.92 Å². The number of H-pyrrole nitrogens is 1. The second-order valence-corrected chi connectivity index (χ2v) is 7.64. The summed E-state index contributed by atoms with van der Waals surface area (Å²) in [5.74, 6) is -5.60. The van der Waals surface area contributed by atoms with Crippen molar-refractivity contribution < 1.29 is 39.3 Å². The number of benzene rings is 1. The molecule has 1 aromatic heterocycles. The Hall–Kier alpha value is -3.97. The molecule has 1 aromatic carbocycles. The Labute approximate surface area is 193 Å². The number of carboxylic acid groups (broad SMARTS) is 2. The molecule has 184 valence electrons. The third-order valence-electron chi connectivity index (χ3n) is 5.01. The number of aliphatic carboxylic acids is 2. The van der Waals surface area contributed by atoms with E-state index in [0.717, 1.165) is 16.5 Å². The highest BCUT2D eigenvalue weighted by Gasteiger charge is 2.30. The molecule has 13 heteroatoms. The van der Waals surface area contributed by atoms with Crippen molar-refractivity contribution in [3.05, 3.63) is 36.0 Å². The molecule has 4 atom stereocenters. The average molecular weight is 477 g/mol. The minimum atomic E-state index is -1.60. The Balaban J connectivity index is 2.06. The predicted molar refractivity (Wildman–Crippen MR) is 118 cm³/mol. The minimum absolute atomic E-state index is 0.103. The van der Waals surface area contributed by atoms with Gasteiger partial charge in [-0.2, -0.15) is 0 Å². The fourth-order valence-corrected chi connectivity index (χ4v) is 3.13. The number of hydrogen-bond acceptors (Lipinski definition) is 7. The second-order valence-electron chi connectivity index (χ2n) is 7.64. The molecule has 9 N–H and O–H groups in total. The number of para-hydroxylation sites is 1. The van der Waals surface area contributed by atoms with Gasteiger partial charge >= 0.3 is 11.9 Å². The van der Waals surface area contributed by atoms with Gasteiger partial charge in [0.2, 0.25) is 17.7 Å². The maximum atomic E-state index is 12.6. The number of nitrogens with one attached hydrogen (secondary N) is 4. The monoisotopic (exact) mass is 477 g/mol. The highest BCUT2D eigenvalue weighted by molar-refractivity contribution is 5.96. The lowest BCUT2D eigenvalue weighted by atomic mass is 10.0. The molecule has 0 aliphatic rings. The minimum Gasteiger partial charge on any atom is -0.481 e. The number of aromatic amines is 1. The molecule has 0 saturated heterocycles. The van der Waals surface area contributed by atoms with E-state index in [1.54, 1.807) is 6.20 Å². The second kappa shape index (κ2) is 11.8. The molecule has 0 spiro atoms. The quantitative estimate of drug-likeness (QED) is 0.170. The number of carbonyl (C=O) groups is 5. The van der Waals surface area contributed by atoms with Crippen molar-refractivity contribution in [3.63, 3.8) is 0 Å². The van der Waals surface area contributed by atoms with Gasteiger partial charge in [0.25, 0.3) is 0 Å². The van der Waals surface area contributed by atoms with Crippen LogP contribution < -0.4 is 21.7 Å². The van der Waals surface area contributed by atoms with Crippen molar-refractivity contribution in [1.29, 1.82) is 0 Å². The summed E-state index contributed by atoms with van der Waals surface area (Å²) in [5, 5.41) is 34.7. The summed E-state index contributed by atoms with van der Waals surface area (Å²) in [6.45, 7) is 0.288. The van der Waals surface area contributed by atoms with Gasteiger partial charge in [0.1, 0.15) is 18.1 Å². The lowest BCUT2D eigenvalue weighted by Gasteiger charge is -2.23. The van der Waals surface area contributed by atoms with Crippen molar-refractivity contribution >= 4 is 40.6 Å². The number of amides is 3. The third kappa shape index (κ3) is 7.02. The van der Waals surface area contributed by atoms with Gasteiger partial charge in [-0.25, -0.2) is 0 Å². The van der Waals surface area contributed by atoms with Gasteiger partial charge in [-0.1, -0.05) is 18.2 Å². The van der Waals surface area contributed by atoms with Crippen LogP contribution >= 0.6 is 0 Å². The van der Waals surface area contributed by atoms with E-state index in [1.807, 2.05) is 24.3 Å². The number of carbonyl (C=O) groups excluding carboxylic acids is 3. The SMILES string of the molecule is CC(NC(=O)C(CO)NC(=O)C(CC(=O)O)NC(=O)C(N)Cc1c[nH]c2ccccc12)C(=O)O. The van der Waals surface area contributed by atoms with E-state index in [4.69, 9.17) is 15.9 Å². The van der Waals surface area contributed by atoms with Crippen LogP contribution in [0.25, 0.3) is 10.9 Å². The highest BCUT2D eigenvalue weighted by Crippen LogP contribution is 2.18. The number of aliphatic hydroxyl groups is 1. The molecule has 0 fully saturated rings. The molecule has 34 heavy (non-hydrogen) atoms. The molecule has 0 bridgehead atoms. The maximum Gasteiger partial charge on any atom is 0.325 e. The molecule has 0 aliphatic heterocycles. The van der Waals surface area contributed by atoms with E-state index in [2.05, 4.69) is 20.9 Å². The normalized spacial score (nSPS) is 14.4. The standard InChI is InChI=1S/C21H27N5O8/c1-10(21(33)34)24-20(32)16(9-27)26-19(31)15(7-17(28)29)25-18(30)13(22)6-11-8-23-14-5-3-2-4-12(11)14/h2-5,8,10,13,15-16,23,27H,6-7,9,22H2,1H3,(H,24,32)(H,25,30)(H,26,31)(H,28,29)(H,33,34). The molecule has 0 aliphatic carbocycles. The first-order valence-corrected chi connectivity index (χ1v) is 10.3. The van der Waals surface area contributed by atoms with Crippen molar-refractivity contribution in [1.82, 2.24) is 20.9 Å². The Morgan fingerprint density at radius 1 is 0.971 bits per heavy atom. The maximum absolute atomic E-state index is 12.6. The predicted octanol–water partition coefficient (Wildman–Crippen LogP) is -1.94. The first-order chi connectivity index (χ1) is 16.0. The number of fused-ring (bicyclic) bond motifs is 1. The van der Waals surface area contributed by atoms with Gasteiger partial charge in [-0.15, -0.1) is 0 Å². The molecule has 3 amide bonds. The summed E-state index contributed by atoms with van der Waals surface area (Å²) >= 11 is 0. The zero-order chi connectivity index (χ0) is 25.4. The molecule has 0 saturated carbocycles. The van der Waals surface area contributed by atoms with Crippen molar-refractivity contribution in [3.8, 4) is 0 Å². The summed E-state index contributed by atoms with van der Waals surface area (Å²) in [5.41, 5.74) is 7.57. The van der Waals surface area contributed by atoms with Crippen molar-refractivity contribution in [2.75, 3.05) is 6.61 Å². The van der Waals surface area contributed by atoms with Crippen molar-refractivity contribution in [2.45, 2.75) is 43.9 Å². The molecule has 2 rings (SSSR count). The number of rotatable bonds is 12. The third-order valence-corrected chi connectivity index (χ3v) is 5.01. The van der Waals surface area contributed by atoms with Gasteiger partial charge in [-0.3, -0.25) is 24.0 Å². The molecular weight excluding hydrogens is 450 g/mol. The van der Waals surface area contributed by atoms with Crippen LogP contribution in [0, 0.1) is 0 Å². The van der Waals surface area contributed by atoms with Crippen LogP contribution in [0.3, 0.4) is 0 Å². The number of hydrogen-bond donors (Lipinski definition) is 8. The molecule has 2 aromatic rings. The molecule has 4 unspecified atom stereocenters. The molecule has 1 heterocycles.